The van der Waals surface area contributed by atoms with Crippen LogP contribution in [0, 0.1) is 25.2 Å². The Morgan fingerprint density at radius 2 is 1.64 bits per heavy atom. The van der Waals surface area contributed by atoms with Crippen molar-refractivity contribution in [1.29, 1.82) is 5.26 Å². The molecule has 2 heterocycles. The van der Waals surface area contributed by atoms with Gasteiger partial charge >= 0.3 is 0 Å². The van der Waals surface area contributed by atoms with Crippen LogP contribution in [-0.2, 0) is 31.0 Å². The molecule has 5 rings (SSSR count). The molecule has 0 radical (unpaired) electrons. The molecule has 0 spiro atoms. The highest BCUT2D eigenvalue weighted by Gasteiger charge is 2.15. The van der Waals surface area contributed by atoms with Crippen molar-refractivity contribution >= 4 is 18.1 Å². The molecule has 264 valence electrons. The summed E-state index contributed by atoms with van der Waals surface area (Å²) in [6.07, 6.45) is 9.51. The van der Waals surface area contributed by atoms with Gasteiger partial charge in [-0.1, -0.05) is 48.0 Å². The lowest BCUT2D eigenvalue weighted by Crippen LogP contribution is -2.22. The SMILES string of the molecule is Cc1c(CCCCN2CCCC2)cccc1-c1cccc(COc2cc(OCc3cncc(C#N)c3)c(CNCCN)cc2Cl)c1C.O=CO. The largest absolute Gasteiger partial charge is 0.488 e. The smallest absolute Gasteiger partial charge is 0.290 e. The molecule has 0 amide bonds. The molecule has 0 unspecified atom stereocenters. The molecule has 1 aliphatic rings. The van der Waals surface area contributed by atoms with E-state index in [2.05, 4.69) is 71.5 Å². The molecular weight excluding hydrogens is 650 g/mol. The molecular formula is C40H48ClN5O4. The number of aryl methyl sites for hydroxylation is 1. The van der Waals surface area contributed by atoms with Crippen LogP contribution in [0.3, 0.4) is 0 Å². The topological polar surface area (TPSA) is 134 Å². The Bertz CT molecular complexity index is 1740. The second kappa shape index (κ2) is 20.3. The van der Waals surface area contributed by atoms with Crippen LogP contribution < -0.4 is 20.5 Å². The average Bonchev–Trinajstić information content (AvgIpc) is 3.65. The molecule has 0 aliphatic carbocycles. The van der Waals surface area contributed by atoms with Gasteiger partial charge in [0, 0.05) is 49.2 Å². The summed E-state index contributed by atoms with van der Waals surface area (Å²) in [4.78, 5) is 15.1. The molecule has 0 atom stereocenters. The summed E-state index contributed by atoms with van der Waals surface area (Å²) in [6, 6.07) is 20.8. The zero-order chi connectivity index (χ0) is 35.7. The number of rotatable bonds is 16. The molecule has 4 N–H and O–H groups in total. The number of benzene rings is 3. The van der Waals surface area contributed by atoms with Crippen LogP contribution in [0.1, 0.15) is 64.6 Å². The first kappa shape index (κ1) is 38.3. The second-order valence-corrected chi connectivity index (χ2v) is 12.8. The third kappa shape index (κ3) is 11.0. The Hall–Kier alpha value is -4.46. The van der Waals surface area contributed by atoms with E-state index in [9.17, 15) is 5.26 Å². The first-order chi connectivity index (χ1) is 24.4. The molecule has 1 saturated heterocycles. The molecule has 1 aromatic heterocycles. The summed E-state index contributed by atoms with van der Waals surface area (Å²) >= 11 is 6.75. The third-order valence-corrected chi connectivity index (χ3v) is 9.30. The summed E-state index contributed by atoms with van der Waals surface area (Å²) in [5.74, 6) is 1.19. The summed E-state index contributed by atoms with van der Waals surface area (Å²) in [5, 5.41) is 20.0. The zero-order valence-electron chi connectivity index (χ0n) is 29.1. The lowest BCUT2D eigenvalue weighted by Gasteiger charge is -2.18. The number of nitrogens with two attached hydrogens (primary N) is 1. The third-order valence-electron chi connectivity index (χ3n) is 9.00. The quantitative estimate of drug-likeness (QED) is 0.0820. The highest BCUT2D eigenvalue weighted by atomic mass is 35.5. The van der Waals surface area contributed by atoms with Crippen molar-refractivity contribution in [3.05, 3.63) is 111 Å². The molecule has 10 heteroatoms. The van der Waals surface area contributed by atoms with Gasteiger partial charge < -0.3 is 30.5 Å². The fourth-order valence-electron chi connectivity index (χ4n) is 6.26. The minimum Gasteiger partial charge on any atom is -0.488 e. The van der Waals surface area contributed by atoms with Gasteiger partial charge in [0.15, 0.2) is 0 Å². The first-order valence-electron chi connectivity index (χ1n) is 17.2. The van der Waals surface area contributed by atoms with Crippen molar-refractivity contribution in [2.75, 3.05) is 32.7 Å². The first-order valence-corrected chi connectivity index (χ1v) is 17.6. The van der Waals surface area contributed by atoms with Crippen molar-refractivity contribution in [2.24, 2.45) is 5.73 Å². The van der Waals surface area contributed by atoms with Crippen LogP contribution >= 0.6 is 11.6 Å². The number of nitrogens with zero attached hydrogens (tertiary/aromatic N) is 3. The Balaban J connectivity index is 0.00000181. The monoisotopic (exact) mass is 697 g/mol. The number of unbranched alkanes of at least 4 members (excludes halogenated alkanes) is 1. The summed E-state index contributed by atoms with van der Waals surface area (Å²) in [5.41, 5.74) is 15.5. The van der Waals surface area contributed by atoms with Crippen LogP contribution in [0.4, 0.5) is 0 Å². The van der Waals surface area contributed by atoms with E-state index in [1.165, 1.54) is 79.3 Å². The van der Waals surface area contributed by atoms with Crippen molar-refractivity contribution in [1.82, 2.24) is 15.2 Å². The van der Waals surface area contributed by atoms with Crippen LogP contribution in [0.15, 0.2) is 67.0 Å². The minimum absolute atomic E-state index is 0.250. The van der Waals surface area contributed by atoms with Gasteiger partial charge in [-0.15, -0.1) is 0 Å². The molecule has 0 bridgehead atoms. The Morgan fingerprint density at radius 1 is 0.960 bits per heavy atom. The Labute approximate surface area is 301 Å². The van der Waals surface area contributed by atoms with E-state index >= 15 is 0 Å². The second-order valence-electron chi connectivity index (χ2n) is 12.4. The minimum atomic E-state index is -0.250. The number of nitriles is 1. The number of halogens is 1. The summed E-state index contributed by atoms with van der Waals surface area (Å²) < 4.78 is 12.6. The standard InChI is InChI=1S/C39H46ClN5O2.CH2O2/c1-28-32(9-3-4-16-45-17-5-6-18-45)10-7-12-35(28)36-13-8-11-33(29(36)2)27-47-39-21-38(34(20-37(39)40)25-43-15-14-41)46-26-31-19-30(22-42)23-44-24-31;2-1-3/h7-8,10-13,19-21,23-24,43H,3-6,9,14-18,25-27,41H2,1-2H3;1H,(H,2,3). The number of hydrogen-bond donors (Lipinski definition) is 3. The molecule has 4 aromatic rings. The molecule has 9 nitrogen and oxygen atoms in total. The fourth-order valence-corrected chi connectivity index (χ4v) is 6.50. The fraction of sp³-hybridized carbons (Fsp3) is 0.375. The molecule has 50 heavy (non-hydrogen) atoms. The van der Waals surface area contributed by atoms with Gasteiger partial charge in [0.25, 0.3) is 6.47 Å². The predicted molar refractivity (Wildman–Crippen MR) is 198 cm³/mol. The van der Waals surface area contributed by atoms with E-state index in [0.717, 1.165) is 23.1 Å². The van der Waals surface area contributed by atoms with Gasteiger partial charge in [0.1, 0.15) is 30.8 Å². The van der Waals surface area contributed by atoms with Gasteiger partial charge in [-0.05, 0) is 111 Å². The number of likely N-dealkylation sites (tertiary alicyclic amines) is 1. The lowest BCUT2D eigenvalue weighted by atomic mass is 9.90. The van der Waals surface area contributed by atoms with Gasteiger partial charge in [0.05, 0.1) is 10.6 Å². The van der Waals surface area contributed by atoms with Gasteiger partial charge in [0.2, 0.25) is 0 Å². The highest BCUT2D eigenvalue weighted by molar-refractivity contribution is 6.32. The Kier molecular flexibility index (Phi) is 15.5. The maximum absolute atomic E-state index is 9.25. The highest BCUT2D eigenvalue weighted by Crippen LogP contribution is 2.35. The molecule has 1 fully saturated rings. The predicted octanol–water partition coefficient (Wildman–Crippen LogP) is 7.22. The van der Waals surface area contributed by atoms with Crippen molar-refractivity contribution in [2.45, 2.75) is 65.7 Å². The van der Waals surface area contributed by atoms with E-state index in [1.54, 1.807) is 12.3 Å². The maximum Gasteiger partial charge on any atom is 0.290 e. The normalized spacial score (nSPS) is 12.5. The number of carbonyl (C=O) groups is 1. The number of nitrogens with one attached hydrogen (secondary N) is 1. The molecule has 1 aliphatic heterocycles. The van der Waals surface area contributed by atoms with Gasteiger partial charge in [-0.25, -0.2) is 0 Å². The van der Waals surface area contributed by atoms with E-state index < -0.39 is 0 Å². The van der Waals surface area contributed by atoms with Crippen molar-refractivity contribution in [3.8, 4) is 28.7 Å². The zero-order valence-corrected chi connectivity index (χ0v) is 29.8. The van der Waals surface area contributed by atoms with E-state index in [1.807, 2.05) is 12.1 Å². The number of carboxylic acid groups (broad SMARTS) is 1. The van der Waals surface area contributed by atoms with Gasteiger partial charge in [-0.3, -0.25) is 9.78 Å². The average molecular weight is 698 g/mol. The summed E-state index contributed by atoms with van der Waals surface area (Å²) in [6.45, 7) is 10.3. The van der Waals surface area contributed by atoms with E-state index in [4.69, 9.17) is 36.7 Å². The van der Waals surface area contributed by atoms with Crippen LogP contribution in [0.2, 0.25) is 5.02 Å². The van der Waals surface area contributed by atoms with Crippen molar-refractivity contribution < 1.29 is 19.4 Å². The summed E-state index contributed by atoms with van der Waals surface area (Å²) in [7, 11) is 0. The van der Waals surface area contributed by atoms with Crippen LogP contribution in [-0.4, -0.2) is 54.2 Å². The number of aromatic nitrogens is 1. The molecule has 3 aromatic carbocycles. The number of pyridine rings is 1. The van der Waals surface area contributed by atoms with E-state index in [-0.39, 0.29) is 13.1 Å². The van der Waals surface area contributed by atoms with Gasteiger partial charge in [-0.2, -0.15) is 5.26 Å². The molecule has 0 saturated carbocycles. The maximum atomic E-state index is 9.25. The number of ether oxygens (including phenoxy) is 2. The van der Waals surface area contributed by atoms with Crippen LogP contribution in [0.25, 0.3) is 11.1 Å². The number of hydrogen-bond acceptors (Lipinski definition) is 8. The van der Waals surface area contributed by atoms with Crippen molar-refractivity contribution in [3.63, 3.8) is 0 Å². The lowest BCUT2D eigenvalue weighted by molar-refractivity contribution is -0.122. The van der Waals surface area contributed by atoms with E-state index in [0.29, 0.717) is 48.3 Å². The van der Waals surface area contributed by atoms with Crippen LogP contribution in [0.5, 0.6) is 11.5 Å². The Morgan fingerprint density at radius 3 is 2.34 bits per heavy atom.